The van der Waals surface area contributed by atoms with Gasteiger partial charge in [-0.2, -0.15) is 0 Å². The number of hydrogen-bond donors (Lipinski definition) is 0. The van der Waals surface area contributed by atoms with Crippen LogP contribution in [0.2, 0.25) is 0 Å². The number of fused-ring (bicyclic) bond motifs is 1. The van der Waals surface area contributed by atoms with Gasteiger partial charge in [0.2, 0.25) is 0 Å². The molecule has 0 N–H and O–H groups in total. The molecule has 0 fully saturated rings. The number of amides is 1. The van der Waals surface area contributed by atoms with Crippen LogP contribution in [0, 0.1) is 6.92 Å². The minimum Gasteiger partial charge on any atom is -0.495 e. The largest absolute Gasteiger partial charge is 0.495 e. The molecule has 29 heavy (non-hydrogen) atoms. The van der Waals surface area contributed by atoms with Crippen molar-refractivity contribution in [2.75, 3.05) is 26.2 Å². The van der Waals surface area contributed by atoms with Crippen LogP contribution in [0.3, 0.4) is 0 Å². The van der Waals surface area contributed by atoms with E-state index in [1.807, 2.05) is 19.1 Å². The van der Waals surface area contributed by atoms with Gasteiger partial charge in [0, 0.05) is 17.8 Å². The fourth-order valence-corrected chi connectivity index (χ4v) is 3.40. The first kappa shape index (κ1) is 18.7. The van der Waals surface area contributed by atoms with Crippen LogP contribution in [0.5, 0.6) is 17.4 Å². The number of aryl methyl sites for hydroxylation is 1. The smallest absolute Gasteiger partial charge is 0.260 e. The first-order valence-electron chi connectivity index (χ1n) is 8.95. The Balaban J connectivity index is 1.73. The molecular formula is C21H20N4O4. The molecule has 8 nitrogen and oxygen atoms in total. The number of hydrogen-bond acceptors (Lipinski definition) is 7. The highest BCUT2D eigenvalue weighted by molar-refractivity contribution is 6.10. The Morgan fingerprint density at radius 1 is 1.00 bits per heavy atom. The van der Waals surface area contributed by atoms with Gasteiger partial charge in [0.1, 0.15) is 5.75 Å². The van der Waals surface area contributed by atoms with E-state index >= 15 is 0 Å². The maximum Gasteiger partial charge on any atom is 0.260 e. The van der Waals surface area contributed by atoms with Crippen molar-refractivity contribution in [1.29, 1.82) is 0 Å². The number of carbonyl (C=O) groups is 1. The molecule has 1 amide bonds. The van der Waals surface area contributed by atoms with Crippen molar-refractivity contribution in [1.82, 2.24) is 15.0 Å². The van der Waals surface area contributed by atoms with Crippen molar-refractivity contribution in [2.24, 2.45) is 0 Å². The van der Waals surface area contributed by atoms with Crippen molar-refractivity contribution < 1.29 is 19.0 Å². The first-order chi connectivity index (χ1) is 14.0. The van der Waals surface area contributed by atoms with Crippen LogP contribution < -0.4 is 19.1 Å². The lowest BCUT2D eigenvalue weighted by molar-refractivity contribution is 0.0996. The normalized spacial score (nSPS) is 12.7. The summed E-state index contributed by atoms with van der Waals surface area (Å²) in [5, 5.41) is 0. The van der Waals surface area contributed by atoms with Crippen molar-refractivity contribution >= 4 is 11.6 Å². The van der Waals surface area contributed by atoms with Gasteiger partial charge in [-0.05, 0) is 24.6 Å². The number of rotatable bonds is 5. The summed E-state index contributed by atoms with van der Waals surface area (Å²) in [6.45, 7) is 2.27. The molecule has 3 aromatic rings. The van der Waals surface area contributed by atoms with Gasteiger partial charge in [-0.15, -0.1) is 0 Å². The second-order valence-corrected chi connectivity index (χ2v) is 6.56. The summed E-state index contributed by atoms with van der Waals surface area (Å²) in [4.78, 5) is 27.8. The maximum atomic E-state index is 13.0. The molecule has 0 aromatic carbocycles. The van der Waals surface area contributed by atoms with Crippen LogP contribution in [-0.2, 0) is 6.54 Å². The highest BCUT2D eigenvalue weighted by Crippen LogP contribution is 2.34. The van der Waals surface area contributed by atoms with Gasteiger partial charge in [0.15, 0.2) is 5.75 Å². The number of aromatic nitrogens is 3. The molecule has 0 unspecified atom stereocenters. The van der Waals surface area contributed by atoms with Crippen molar-refractivity contribution in [2.45, 2.75) is 13.5 Å². The monoisotopic (exact) mass is 392 g/mol. The van der Waals surface area contributed by atoms with Gasteiger partial charge in [-0.25, -0.2) is 4.98 Å². The molecule has 8 heteroatoms. The Kier molecular flexibility index (Phi) is 4.75. The zero-order chi connectivity index (χ0) is 20.5. The van der Waals surface area contributed by atoms with Gasteiger partial charge >= 0.3 is 0 Å². The minimum atomic E-state index is -0.1000. The van der Waals surface area contributed by atoms with Crippen molar-refractivity contribution in [3.05, 3.63) is 53.6 Å². The predicted molar refractivity (Wildman–Crippen MR) is 107 cm³/mol. The lowest BCUT2D eigenvalue weighted by Gasteiger charge is -2.15. The van der Waals surface area contributed by atoms with Crippen LogP contribution in [-0.4, -0.2) is 42.2 Å². The van der Waals surface area contributed by atoms with E-state index in [9.17, 15) is 4.79 Å². The third-order valence-corrected chi connectivity index (χ3v) is 4.83. The fraction of sp³-hybridized carbons (Fsp3) is 0.238. The predicted octanol–water partition coefficient (Wildman–Crippen LogP) is 3.03. The number of nitrogens with zero attached hydrogens (tertiary/aromatic N) is 4. The molecule has 0 atom stereocenters. The molecule has 0 bridgehead atoms. The molecule has 0 saturated heterocycles. The molecular weight excluding hydrogens is 372 g/mol. The highest BCUT2D eigenvalue weighted by Gasteiger charge is 2.32. The standard InChI is InChI=1S/C21H20N4O4/c1-12-5-16(13-6-18(28-3)20(29-4)23-8-13)24-17-11-25(21(26)19(12)17)14-7-15(27-2)10-22-9-14/h5-10H,11H2,1-4H3. The average Bonchev–Trinajstić information content (AvgIpc) is 3.10. The van der Waals surface area contributed by atoms with Crippen molar-refractivity contribution in [3.63, 3.8) is 0 Å². The summed E-state index contributed by atoms with van der Waals surface area (Å²) in [5.74, 6) is 1.41. The van der Waals surface area contributed by atoms with E-state index in [1.165, 1.54) is 7.11 Å². The SMILES string of the molecule is COc1cncc(N2Cc3nc(-c4cnc(OC)c(OC)c4)cc(C)c3C2=O)c1. The van der Waals surface area contributed by atoms with Gasteiger partial charge in [-0.1, -0.05) is 0 Å². The fourth-order valence-electron chi connectivity index (χ4n) is 3.40. The van der Waals surface area contributed by atoms with Crippen LogP contribution in [0.1, 0.15) is 21.6 Å². The summed E-state index contributed by atoms with van der Waals surface area (Å²) in [5.41, 5.74) is 4.34. The second kappa shape index (κ2) is 7.38. The summed E-state index contributed by atoms with van der Waals surface area (Å²) in [6.07, 6.45) is 4.92. The van der Waals surface area contributed by atoms with E-state index in [0.717, 1.165) is 11.1 Å². The molecule has 1 aliphatic rings. The minimum absolute atomic E-state index is 0.1000. The molecule has 4 heterocycles. The van der Waals surface area contributed by atoms with E-state index in [-0.39, 0.29) is 5.91 Å². The van der Waals surface area contributed by atoms with E-state index in [2.05, 4.69) is 9.97 Å². The molecule has 3 aromatic heterocycles. The molecule has 0 spiro atoms. The number of ether oxygens (including phenoxy) is 3. The lowest BCUT2D eigenvalue weighted by atomic mass is 10.0. The van der Waals surface area contributed by atoms with E-state index in [1.54, 1.807) is 43.8 Å². The van der Waals surface area contributed by atoms with Crippen LogP contribution >= 0.6 is 0 Å². The topological polar surface area (TPSA) is 86.7 Å². The lowest BCUT2D eigenvalue weighted by Crippen LogP contribution is -2.23. The zero-order valence-corrected chi connectivity index (χ0v) is 16.6. The Labute approximate surface area is 168 Å². The Bertz CT molecular complexity index is 1100. The second-order valence-electron chi connectivity index (χ2n) is 6.56. The van der Waals surface area contributed by atoms with Crippen LogP contribution in [0.25, 0.3) is 11.3 Å². The molecule has 1 aliphatic heterocycles. The van der Waals surface area contributed by atoms with Crippen molar-refractivity contribution in [3.8, 4) is 28.6 Å². The van der Waals surface area contributed by atoms with Gasteiger partial charge in [0.25, 0.3) is 11.8 Å². The summed E-state index contributed by atoms with van der Waals surface area (Å²) in [7, 11) is 4.66. The Morgan fingerprint density at radius 2 is 1.83 bits per heavy atom. The molecule has 148 valence electrons. The first-order valence-corrected chi connectivity index (χ1v) is 8.95. The number of carbonyl (C=O) groups excluding carboxylic acids is 1. The quantitative estimate of drug-likeness (QED) is 0.660. The number of anilines is 1. The van der Waals surface area contributed by atoms with Gasteiger partial charge < -0.3 is 19.1 Å². The van der Waals surface area contributed by atoms with Gasteiger partial charge in [-0.3, -0.25) is 14.8 Å². The third-order valence-electron chi connectivity index (χ3n) is 4.83. The molecule has 0 radical (unpaired) electrons. The molecule has 0 aliphatic carbocycles. The van der Waals surface area contributed by atoms with Crippen LogP contribution in [0.15, 0.2) is 36.8 Å². The Hall–Kier alpha value is -3.68. The summed E-state index contributed by atoms with van der Waals surface area (Å²) >= 11 is 0. The van der Waals surface area contributed by atoms with E-state index in [0.29, 0.717) is 46.6 Å². The zero-order valence-electron chi connectivity index (χ0n) is 16.6. The van der Waals surface area contributed by atoms with Crippen LogP contribution in [0.4, 0.5) is 5.69 Å². The third kappa shape index (κ3) is 3.22. The summed E-state index contributed by atoms with van der Waals surface area (Å²) in [6, 6.07) is 5.48. The molecule has 0 saturated carbocycles. The van der Waals surface area contributed by atoms with E-state index < -0.39 is 0 Å². The van der Waals surface area contributed by atoms with E-state index in [4.69, 9.17) is 19.2 Å². The molecule has 4 rings (SSSR count). The number of methoxy groups -OCH3 is 3. The summed E-state index contributed by atoms with van der Waals surface area (Å²) < 4.78 is 15.8. The maximum absolute atomic E-state index is 13.0. The van der Waals surface area contributed by atoms with Gasteiger partial charge in [0.05, 0.1) is 62.9 Å². The highest BCUT2D eigenvalue weighted by atomic mass is 16.5. The average molecular weight is 392 g/mol. The number of pyridine rings is 3. The Morgan fingerprint density at radius 3 is 2.55 bits per heavy atom.